The molecule has 3 nitrogen and oxygen atoms in total. The molecule has 2 aromatic rings. The van der Waals surface area contributed by atoms with Crippen LogP contribution in [0, 0.1) is 13.8 Å². The van der Waals surface area contributed by atoms with E-state index in [0.29, 0.717) is 20.9 Å². The lowest BCUT2D eigenvalue weighted by Crippen LogP contribution is -2.14. The van der Waals surface area contributed by atoms with Crippen molar-refractivity contribution in [1.29, 1.82) is 0 Å². The van der Waals surface area contributed by atoms with Gasteiger partial charge in [0.05, 0.1) is 5.56 Å². The standard InChI is InChI=1S/C14H12BrClN2O/c1-8-5-9(2)17-13(6-8)18-14(19)11-7-10(16)3-4-12(11)15/h3-7H,1-2H3,(H,17,18,19). The maximum atomic E-state index is 12.2. The van der Waals surface area contributed by atoms with Gasteiger partial charge in [0.15, 0.2) is 0 Å². The van der Waals surface area contributed by atoms with E-state index in [0.717, 1.165) is 11.3 Å². The van der Waals surface area contributed by atoms with Crippen LogP contribution in [0.5, 0.6) is 0 Å². The molecule has 0 unspecified atom stereocenters. The fraction of sp³-hybridized carbons (Fsp3) is 0.143. The Morgan fingerprint density at radius 1 is 1.26 bits per heavy atom. The van der Waals surface area contributed by atoms with Crippen molar-refractivity contribution in [2.45, 2.75) is 13.8 Å². The van der Waals surface area contributed by atoms with Crippen molar-refractivity contribution in [3.63, 3.8) is 0 Å². The van der Waals surface area contributed by atoms with Crippen LogP contribution >= 0.6 is 27.5 Å². The molecule has 1 aromatic carbocycles. The minimum absolute atomic E-state index is 0.244. The normalized spacial score (nSPS) is 10.3. The summed E-state index contributed by atoms with van der Waals surface area (Å²) in [6, 6.07) is 8.85. The minimum Gasteiger partial charge on any atom is -0.307 e. The summed E-state index contributed by atoms with van der Waals surface area (Å²) in [5.74, 6) is 0.293. The quantitative estimate of drug-likeness (QED) is 0.883. The predicted octanol–water partition coefficient (Wildman–Crippen LogP) is 4.37. The van der Waals surface area contributed by atoms with Gasteiger partial charge in [-0.3, -0.25) is 4.79 Å². The molecule has 19 heavy (non-hydrogen) atoms. The van der Waals surface area contributed by atoms with Gasteiger partial charge in [-0.25, -0.2) is 4.98 Å². The molecule has 0 saturated heterocycles. The van der Waals surface area contributed by atoms with E-state index >= 15 is 0 Å². The average molecular weight is 340 g/mol. The van der Waals surface area contributed by atoms with E-state index in [1.807, 2.05) is 26.0 Å². The molecule has 1 N–H and O–H groups in total. The van der Waals surface area contributed by atoms with Crippen LogP contribution < -0.4 is 5.32 Å². The number of benzene rings is 1. The number of amides is 1. The topological polar surface area (TPSA) is 42.0 Å². The second-order valence-electron chi connectivity index (χ2n) is 4.25. The summed E-state index contributed by atoms with van der Waals surface area (Å²) in [6.45, 7) is 3.84. The third-order valence-electron chi connectivity index (χ3n) is 2.51. The Morgan fingerprint density at radius 3 is 2.68 bits per heavy atom. The fourth-order valence-corrected chi connectivity index (χ4v) is 2.36. The summed E-state index contributed by atoms with van der Waals surface area (Å²) in [7, 11) is 0. The lowest BCUT2D eigenvalue weighted by Gasteiger charge is -2.08. The van der Waals surface area contributed by atoms with Gasteiger partial charge in [0.2, 0.25) is 0 Å². The second kappa shape index (κ2) is 5.72. The van der Waals surface area contributed by atoms with Crippen LogP contribution in [0.1, 0.15) is 21.6 Å². The molecule has 5 heteroatoms. The summed E-state index contributed by atoms with van der Waals surface area (Å²) < 4.78 is 0.693. The maximum absolute atomic E-state index is 12.2. The number of hydrogen-bond acceptors (Lipinski definition) is 2. The first-order valence-electron chi connectivity index (χ1n) is 5.67. The Morgan fingerprint density at radius 2 is 2.00 bits per heavy atom. The summed E-state index contributed by atoms with van der Waals surface area (Å²) >= 11 is 9.23. The highest BCUT2D eigenvalue weighted by Gasteiger charge is 2.11. The SMILES string of the molecule is Cc1cc(C)nc(NC(=O)c2cc(Cl)ccc2Br)c1. The molecule has 1 aromatic heterocycles. The van der Waals surface area contributed by atoms with Crippen LogP contribution in [0.2, 0.25) is 5.02 Å². The summed E-state index contributed by atoms with van der Waals surface area (Å²) in [5.41, 5.74) is 2.39. The number of pyridine rings is 1. The van der Waals surface area contributed by atoms with Crippen LogP contribution in [0.4, 0.5) is 5.82 Å². The molecule has 0 atom stereocenters. The van der Waals surface area contributed by atoms with Gasteiger partial charge >= 0.3 is 0 Å². The molecule has 0 radical (unpaired) electrons. The van der Waals surface area contributed by atoms with E-state index in [2.05, 4.69) is 26.2 Å². The smallest absolute Gasteiger partial charge is 0.258 e. The fourth-order valence-electron chi connectivity index (χ4n) is 1.76. The van der Waals surface area contributed by atoms with Gasteiger partial charge in [0.1, 0.15) is 5.82 Å². The number of aromatic nitrogens is 1. The Hall–Kier alpha value is -1.39. The van der Waals surface area contributed by atoms with Gasteiger partial charge in [-0.2, -0.15) is 0 Å². The van der Waals surface area contributed by atoms with E-state index < -0.39 is 0 Å². The van der Waals surface area contributed by atoms with Gasteiger partial charge < -0.3 is 5.32 Å². The lowest BCUT2D eigenvalue weighted by molar-refractivity contribution is 0.102. The van der Waals surface area contributed by atoms with Crippen LogP contribution in [0.25, 0.3) is 0 Å². The van der Waals surface area contributed by atoms with Crippen LogP contribution in [-0.4, -0.2) is 10.9 Å². The Bertz CT molecular complexity index is 623. The average Bonchev–Trinajstić information content (AvgIpc) is 2.30. The molecule has 2 rings (SSSR count). The Kier molecular flexibility index (Phi) is 4.22. The van der Waals surface area contributed by atoms with E-state index in [1.165, 1.54) is 0 Å². The highest BCUT2D eigenvalue weighted by molar-refractivity contribution is 9.10. The Labute approximate surface area is 125 Å². The van der Waals surface area contributed by atoms with Gasteiger partial charge in [-0.15, -0.1) is 0 Å². The number of nitrogens with one attached hydrogen (secondary N) is 1. The molecule has 0 aliphatic carbocycles. The molecule has 98 valence electrons. The highest BCUT2D eigenvalue weighted by Crippen LogP contribution is 2.22. The van der Waals surface area contributed by atoms with Gasteiger partial charge in [0.25, 0.3) is 5.91 Å². The first-order chi connectivity index (χ1) is 8.95. The zero-order chi connectivity index (χ0) is 14.0. The number of carbonyl (C=O) groups excluding carboxylic acids is 1. The van der Waals surface area contributed by atoms with Gasteiger partial charge in [-0.05, 0) is 65.7 Å². The summed E-state index contributed by atoms with van der Waals surface area (Å²) in [5, 5.41) is 3.28. The second-order valence-corrected chi connectivity index (χ2v) is 5.54. The maximum Gasteiger partial charge on any atom is 0.258 e. The van der Waals surface area contributed by atoms with E-state index in [-0.39, 0.29) is 5.91 Å². The molecule has 0 aliphatic rings. The largest absolute Gasteiger partial charge is 0.307 e. The number of carbonyl (C=O) groups is 1. The number of aryl methyl sites for hydroxylation is 2. The third-order valence-corrected chi connectivity index (χ3v) is 3.44. The molecular formula is C14H12BrClN2O. The van der Waals surface area contributed by atoms with Crippen molar-refractivity contribution < 1.29 is 4.79 Å². The number of anilines is 1. The third kappa shape index (κ3) is 3.55. The van der Waals surface area contributed by atoms with Crippen molar-refractivity contribution in [3.05, 3.63) is 56.6 Å². The molecule has 1 heterocycles. The van der Waals surface area contributed by atoms with Gasteiger partial charge in [0, 0.05) is 15.2 Å². The molecular weight excluding hydrogens is 328 g/mol. The van der Waals surface area contributed by atoms with Crippen molar-refractivity contribution >= 4 is 39.3 Å². The van der Waals surface area contributed by atoms with E-state index in [9.17, 15) is 4.79 Å². The Balaban J connectivity index is 2.28. The van der Waals surface area contributed by atoms with Crippen molar-refractivity contribution in [2.75, 3.05) is 5.32 Å². The van der Waals surface area contributed by atoms with Crippen molar-refractivity contribution in [2.24, 2.45) is 0 Å². The first-order valence-corrected chi connectivity index (χ1v) is 6.84. The molecule has 1 amide bonds. The molecule has 0 saturated carbocycles. The van der Waals surface area contributed by atoms with Crippen LogP contribution in [-0.2, 0) is 0 Å². The minimum atomic E-state index is -0.244. The monoisotopic (exact) mass is 338 g/mol. The van der Waals surface area contributed by atoms with E-state index in [4.69, 9.17) is 11.6 Å². The molecule has 0 bridgehead atoms. The molecule has 0 fully saturated rings. The summed E-state index contributed by atoms with van der Waals surface area (Å²) in [6.07, 6.45) is 0. The van der Waals surface area contributed by atoms with Crippen molar-refractivity contribution in [1.82, 2.24) is 4.98 Å². The van der Waals surface area contributed by atoms with Crippen LogP contribution in [0.3, 0.4) is 0 Å². The van der Waals surface area contributed by atoms with Crippen LogP contribution in [0.15, 0.2) is 34.8 Å². The molecule has 0 aliphatic heterocycles. The first kappa shape index (κ1) is 14.0. The van der Waals surface area contributed by atoms with Gasteiger partial charge in [-0.1, -0.05) is 11.6 Å². The molecule has 0 spiro atoms. The zero-order valence-corrected chi connectivity index (χ0v) is 12.8. The highest BCUT2D eigenvalue weighted by atomic mass is 79.9. The number of halogens is 2. The predicted molar refractivity (Wildman–Crippen MR) is 80.8 cm³/mol. The zero-order valence-electron chi connectivity index (χ0n) is 10.5. The lowest BCUT2D eigenvalue weighted by atomic mass is 10.2. The van der Waals surface area contributed by atoms with E-state index in [1.54, 1.807) is 18.2 Å². The number of hydrogen-bond donors (Lipinski definition) is 1. The number of rotatable bonds is 2. The number of nitrogens with zero attached hydrogens (tertiary/aromatic N) is 1. The summed E-state index contributed by atoms with van der Waals surface area (Å²) in [4.78, 5) is 16.4. The van der Waals surface area contributed by atoms with Crippen molar-refractivity contribution in [3.8, 4) is 0 Å².